The van der Waals surface area contributed by atoms with Crippen LogP contribution in [0.15, 0.2) is 11.6 Å². The van der Waals surface area contributed by atoms with E-state index in [1.165, 1.54) is 32.1 Å². The highest BCUT2D eigenvalue weighted by atomic mass is 14.2. The van der Waals surface area contributed by atoms with Crippen molar-refractivity contribution in [1.29, 1.82) is 0 Å². The summed E-state index contributed by atoms with van der Waals surface area (Å²) in [6.45, 7) is 15.5. The third-order valence-corrected chi connectivity index (χ3v) is 3.39. The lowest BCUT2D eigenvalue weighted by molar-refractivity contribution is 0.440. The van der Waals surface area contributed by atoms with Gasteiger partial charge in [0.2, 0.25) is 0 Å². The Kier molecular flexibility index (Phi) is 14.5. The molecule has 98 valence electrons. The summed E-state index contributed by atoms with van der Waals surface area (Å²) in [6, 6.07) is 0. The zero-order chi connectivity index (χ0) is 13.0. The van der Waals surface area contributed by atoms with Gasteiger partial charge in [-0.15, -0.1) is 0 Å². The molecule has 0 aliphatic carbocycles. The molecule has 0 saturated carbocycles. The van der Waals surface area contributed by atoms with Gasteiger partial charge in [0.1, 0.15) is 0 Å². The Balaban J connectivity index is 0. The Morgan fingerprint density at radius 3 is 1.56 bits per heavy atom. The molecule has 0 rings (SSSR count). The van der Waals surface area contributed by atoms with E-state index in [9.17, 15) is 0 Å². The van der Waals surface area contributed by atoms with Crippen LogP contribution in [0.3, 0.4) is 0 Å². The lowest BCUT2D eigenvalue weighted by Crippen LogP contribution is -2.12. The highest BCUT2D eigenvalue weighted by molar-refractivity contribution is 5.09. The Morgan fingerprint density at radius 1 is 0.875 bits per heavy atom. The normalized spacial score (nSPS) is 13.4. The van der Waals surface area contributed by atoms with E-state index in [1.807, 2.05) is 13.8 Å². The zero-order valence-electron chi connectivity index (χ0n) is 12.8. The second kappa shape index (κ2) is 12.8. The summed E-state index contributed by atoms with van der Waals surface area (Å²) in [5, 5.41) is 0. The molecule has 0 radical (unpaired) electrons. The maximum Gasteiger partial charge on any atom is -0.0203 e. The van der Waals surface area contributed by atoms with Gasteiger partial charge >= 0.3 is 0 Å². The summed E-state index contributed by atoms with van der Waals surface area (Å²) in [4.78, 5) is 0. The third kappa shape index (κ3) is 6.35. The van der Waals surface area contributed by atoms with E-state index in [0.717, 1.165) is 11.8 Å². The summed E-state index contributed by atoms with van der Waals surface area (Å²) in [5.74, 6) is 1.67. The maximum absolute atomic E-state index is 2.38. The van der Waals surface area contributed by atoms with Crippen molar-refractivity contribution in [2.45, 2.75) is 80.6 Å². The number of hydrogen-bond acceptors (Lipinski definition) is 0. The van der Waals surface area contributed by atoms with Gasteiger partial charge in [-0.25, -0.2) is 0 Å². The topological polar surface area (TPSA) is 0 Å². The van der Waals surface area contributed by atoms with Crippen molar-refractivity contribution in [2.24, 2.45) is 11.8 Å². The van der Waals surface area contributed by atoms with Crippen molar-refractivity contribution in [3.63, 3.8) is 0 Å². The molecule has 0 heterocycles. The third-order valence-electron chi connectivity index (χ3n) is 3.39. The van der Waals surface area contributed by atoms with E-state index in [4.69, 9.17) is 0 Å². The minimum absolute atomic E-state index is 0.830. The van der Waals surface area contributed by atoms with Gasteiger partial charge in [-0.2, -0.15) is 0 Å². The average Bonchev–Trinajstić information content (AvgIpc) is 2.36. The first kappa shape index (κ1) is 18.1. The van der Waals surface area contributed by atoms with Gasteiger partial charge in [-0.1, -0.05) is 59.6 Å². The first-order valence-corrected chi connectivity index (χ1v) is 7.40. The molecule has 0 fully saturated rings. The van der Waals surface area contributed by atoms with Crippen molar-refractivity contribution >= 4 is 0 Å². The molecule has 0 aliphatic heterocycles. The molecule has 0 aromatic carbocycles. The van der Waals surface area contributed by atoms with Crippen molar-refractivity contribution in [1.82, 2.24) is 0 Å². The molecule has 0 nitrogen and oxygen atoms in total. The summed E-state index contributed by atoms with van der Waals surface area (Å²) >= 11 is 0. The van der Waals surface area contributed by atoms with Crippen LogP contribution in [-0.2, 0) is 0 Å². The molecular formula is C16H34. The molecule has 0 bridgehead atoms. The summed E-state index contributed by atoms with van der Waals surface area (Å²) < 4.78 is 0. The fraction of sp³-hybridized carbons (Fsp3) is 0.875. The number of rotatable bonds is 7. The van der Waals surface area contributed by atoms with E-state index in [2.05, 4.69) is 40.7 Å². The standard InChI is InChI=1S/C14H28.C2H6/c1-6-11-13(9-4)14(10-5)12(7-2)8-3;1-2/h10,12-13H,6-9,11H2,1-5H3;1-2H3/b14-10-;. The van der Waals surface area contributed by atoms with Crippen LogP contribution in [0.4, 0.5) is 0 Å². The van der Waals surface area contributed by atoms with E-state index >= 15 is 0 Å². The highest BCUT2D eigenvalue weighted by Gasteiger charge is 2.17. The fourth-order valence-corrected chi connectivity index (χ4v) is 2.52. The molecular weight excluding hydrogens is 192 g/mol. The van der Waals surface area contributed by atoms with E-state index in [1.54, 1.807) is 5.57 Å². The average molecular weight is 226 g/mol. The molecule has 1 atom stereocenters. The monoisotopic (exact) mass is 226 g/mol. The van der Waals surface area contributed by atoms with Gasteiger partial charge < -0.3 is 0 Å². The van der Waals surface area contributed by atoms with Crippen LogP contribution in [0.5, 0.6) is 0 Å². The molecule has 0 aromatic heterocycles. The summed E-state index contributed by atoms with van der Waals surface area (Å²) in [7, 11) is 0. The lowest BCUT2D eigenvalue weighted by Gasteiger charge is -2.25. The van der Waals surface area contributed by atoms with Crippen molar-refractivity contribution in [3.8, 4) is 0 Å². The lowest BCUT2D eigenvalue weighted by atomic mass is 9.81. The number of hydrogen-bond donors (Lipinski definition) is 0. The van der Waals surface area contributed by atoms with E-state index in [0.29, 0.717) is 0 Å². The summed E-state index contributed by atoms with van der Waals surface area (Å²) in [5.41, 5.74) is 1.72. The first-order chi connectivity index (χ1) is 7.74. The van der Waals surface area contributed by atoms with E-state index < -0.39 is 0 Å². The maximum atomic E-state index is 2.38. The van der Waals surface area contributed by atoms with Gasteiger partial charge in [-0.3, -0.25) is 0 Å². The molecule has 0 saturated heterocycles. The Morgan fingerprint density at radius 2 is 1.31 bits per heavy atom. The largest absolute Gasteiger partial charge is 0.0879 e. The fourth-order valence-electron chi connectivity index (χ4n) is 2.52. The van der Waals surface area contributed by atoms with Crippen molar-refractivity contribution in [3.05, 3.63) is 11.6 Å². The second-order valence-corrected chi connectivity index (χ2v) is 4.20. The van der Waals surface area contributed by atoms with Crippen molar-refractivity contribution in [2.75, 3.05) is 0 Å². The van der Waals surface area contributed by atoms with Crippen LogP contribution in [0.1, 0.15) is 80.6 Å². The van der Waals surface area contributed by atoms with Crippen molar-refractivity contribution < 1.29 is 0 Å². The Hall–Kier alpha value is -0.260. The predicted octanol–water partition coefficient (Wildman–Crippen LogP) is 6.22. The van der Waals surface area contributed by atoms with Crippen LogP contribution < -0.4 is 0 Å². The van der Waals surface area contributed by atoms with Crippen LogP contribution in [-0.4, -0.2) is 0 Å². The van der Waals surface area contributed by atoms with Crippen LogP contribution in [0, 0.1) is 11.8 Å². The molecule has 1 unspecified atom stereocenters. The van der Waals surface area contributed by atoms with Gasteiger partial charge in [-0.05, 0) is 44.4 Å². The van der Waals surface area contributed by atoms with Crippen LogP contribution in [0.25, 0.3) is 0 Å². The molecule has 0 aliphatic rings. The first-order valence-electron chi connectivity index (χ1n) is 7.40. The van der Waals surface area contributed by atoms with Gasteiger partial charge in [0.25, 0.3) is 0 Å². The quantitative estimate of drug-likeness (QED) is 0.452. The minimum Gasteiger partial charge on any atom is -0.0879 e. The minimum atomic E-state index is 0.830. The molecule has 0 aromatic rings. The predicted molar refractivity (Wildman–Crippen MR) is 77.9 cm³/mol. The van der Waals surface area contributed by atoms with Gasteiger partial charge in [0.15, 0.2) is 0 Å². The van der Waals surface area contributed by atoms with Crippen LogP contribution >= 0.6 is 0 Å². The Bertz CT molecular complexity index is 151. The van der Waals surface area contributed by atoms with E-state index in [-0.39, 0.29) is 0 Å². The van der Waals surface area contributed by atoms with Crippen LogP contribution in [0.2, 0.25) is 0 Å². The highest BCUT2D eigenvalue weighted by Crippen LogP contribution is 2.30. The summed E-state index contributed by atoms with van der Waals surface area (Å²) in [6.07, 6.45) is 8.97. The van der Waals surface area contributed by atoms with Gasteiger partial charge in [0, 0.05) is 0 Å². The molecule has 0 heteroatoms. The Labute approximate surface area is 105 Å². The number of allylic oxidation sites excluding steroid dienone is 2. The zero-order valence-corrected chi connectivity index (χ0v) is 12.8. The molecule has 0 spiro atoms. The molecule has 0 N–H and O–H groups in total. The molecule has 16 heavy (non-hydrogen) atoms. The smallest absolute Gasteiger partial charge is 0.0203 e. The van der Waals surface area contributed by atoms with Gasteiger partial charge in [0.05, 0.1) is 0 Å². The molecule has 0 amide bonds. The second-order valence-electron chi connectivity index (χ2n) is 4.20. The SMILES string of the molecule is C/C=C(/C(CC)CC)C(CC)CCC.CC.